The molecule has 0 spiro atoms. The van der Waals surface area contributed by atoms with Gasteiger partial charge in [0.25, 0.3) is 11.3 Å². The summed E-state index contributed by atoms with van der Waals surface area (Å²) in [5.74, 6) is 1.72. The summed E-state index contributed by atoms with van der Waals surface area (Å²) in [7, 11) is 1.62. The Hall–Kier alpha value is -3.61. The van der Waals surface area contributed by atoms with Crippen LogP contribution < -0.4 is 15.6 Å². The Morgan fingerprint density at radius 1 is 1.11 bits per heavy atom. The average Bonchev–Trinajstić information content (AvgIpc) is 3.12. The number of anilines is 1. The summed E-state index contributed by atoms with van der Waals surface area (Å²) in [4.78, 5) is 21.4. The Morgan fingerprint density at radius 3 is 2.70 bits per heavy atom. The molecule has 0 aliphatic heterocycles. The molecule has 0 saturated carbocycles. The van der Waals surface area contributed by atoms with E-state index in [0.717, 1.165) is 22.6 Å². The van der Waals surface area contributed by atoms with Crippen LogP contribution in [0.2, 0.25) is 0 Å². The van der Waals surface area contributed by atoms with Gasteiger partial charge >= 0.3 is 0 Å². The number of hydrogen-bond acceptors (Lipinski definition) is 5. The van der Waals surface area contributed by atoms with Crippen molar-refractivity contribution >= 4 is 11.5 Å². The van der Waals surface area contributed by atoms with E-state index in [9.17, 15) is 4.79 Å². The summed E-state index contributed by atoms with van der Waals surface area (Å²) >= 11 is 0. The highest BCUT2D eigenvalue weighted by Crippen LogP contribution is 2.18. The van der Waals surface area contributed by atoms with Crippen LogP contribution in [0, 0.1) is 6.92 Å². The van der Waals surface area contributed by atoms with Gasteiger partial charge in [0.2, 0.25) is 0 Å². The fraction of sp³-hybridized carbons (Fsp3) is 0.150. The second-order valence-electron chi connectivity index (χ2n) is 6.24. The Balaban J connectivity index is 1.61. The van der Waals surface area contributed by atoms with Gasteiger partial charge in [-0.25, -0.2) is 4.98 Å². The van der Waals surface area contributed by atoms with Gasteiger partial charge in [0.05, 0.1) is 19.3 Å². The van der Waals surface area contributed by atoms with Gasteiger partial charge in [0.15, 0.2) is 5.82 Å². The molecule has 0 amide bonds. The van der Waals surface area contributed by atoms with Gasteiger partial charge in [0.1, 0.15) is 5.75 Å². The van der Waals surface area contributed by atoms with Crippen molar-refractivity contribution in [3.63, 3.8) is 0 Å². The van der Waals surface area contributed by atoms with E-state index < -0.39 is 0 Å². The quantitative estimate of drug-likeness (QED) is 0.571. The topological polar surface area (TPSA) is 84.3 Å². The largest absolute Gasteiger partial charge is 0.497 e. The van der Waals surface area contributed by atoms with Crippen LogP contribution in [0.1, 0.15) is 11.3 Å². The predicted octanol–water partition coefficient (Wildman–Crippen LogP) is 3.01. The number of benzene rings is 2. The molecule has 0 fully saturated rings. The highest BCUT2D eigenvalue weighted by molar-refractivity contribution is 5.57. The van der Waals surface area contributed by atoms with Crippen LogP contribution in [0.5, 0.6) is 5.75 Å². The smallest absolute Gasteiger partial charge is 0.274 e. The zero-order valence-electron chi connectivity index (χ0n) is 15.1. The summed E-state index contributed by atoms with van der Waals surface area (Å²) in [5, 5.41) is 6.25. The van der Waals surface area contributed by atoms with Crippen LogP contribution in [-0.2, 0) is 6.54 Å². The molecule has 0 saturated heterocycles. The van der Waals surface area contributed by atoms with E-state index in [2.05, 4.69) is 20.4 Å². The molecule has 2 heterocycles. The van der Waals surface area contributed by atoms with Gasteiger partial charge in [-0.2, -0.15) is 9.50 Å². The Labute approximate surface area is 155 Å². The van der Waals surface area contributed by atoms with E-state index in [1.165, 1.54) is 10.6 Å². The number of nitrogens with one attached hydrogen (secondary N) is 2. The van der Waals surface area contributed by atoms with Crippen molar-refractivity contribution in [2.75, 3.05) is 12.4 Å². The van der Waals surface area contributed by atoms with Gasteiger partial charge in [-0.05, 0) is 19.1 Å². The number of ether oxygens (including phenoxy) is 1. The maximum atomic E-state index is 12.4. The molecular formula is C20H19N5O2. The molecule has 0 radical (unpaired) electrons. The van der Waals surface area contributed by atoms with Crippen molar-refractivity contribution in [1.29, 1.82) is 0 Å². The van der Waals surface area contributed by atoms with Crippen LogP contribution in [0.4, 0.5) is 5.69 Å². The third-order valence-corrected chi connectivity index (χ3v) is 4.25. The number of fused-ring (bicyclic) bond motifs is 1. The van der Waals surface area contributed by atoms with Crippen molar-refractivity contribution in [3.8, 4) is 17.1 Å². The minimum Gasteiger partial charge on any atom is -0.497 e. The summed E-state index contributed by atoms with van der Waals surface area (Å²) in [6.45, 7) is 2.43. The summed E-state index contributed by atoms with van der Waals surface area (Å²) in [6.07, 6.45) is 0. The Bertz CT molecular complexity index is 1150. The fourth-order valence-corrected chi connectivity index (χ4v) is 2.78. The zero-order valence-corrected chi connectivity index (χ0v) is 15.1. The normalized spacial score (nSPS) is 10.9. The molecule has 2 aromatic carbocycles. The van der Waals surface area contributed by atoms with Crippen molar-refractivity contribution < 1.29 is 4.74 Å². The number of rotatable bonds is 5. The van der Waals surface area contributed by atoms with E-state index in [0.29, 0.717) is 23.8 Å². The van der Waals surface area contributed by atoms with E-state index in [1.807, 2.05) is 55.5 Å². The lowest BCUT2D eigenvalue weighted by molar-refractivity contribution is 0.415. The summed E-state index contributed by atoms with van der Waals surface area (Å²) < 4.78 is 6.56. The molecule has 2 aromatic heterocycles. The molecule has 0 aliphatic carbocycles. The van der Waals surface area contributed by atoms with Crippen molar-refractivity contribution in [1.82, 2.24) is 19.6 Å². The van der Waals surface area contributed by atoms with Crippen molar-refractivity contribution in [2.45, 2.75) is 13.5 Å². The highest BCUT2D eigenvalue weighted by atomic mass is 16.5. The maximum Gasteiger partial charge on any atom is 0.274 e. The maximum absolute atomic E-state index is 12.4. The number of aromatic nitrogens is 4. The van der Waals surface area contributed by atoms with E-state index in [4.69, 9.17) is 4.74 Å². The fourth-order valence-electron chi connectivity index (χ4n) is 2.78. The lowest BCUT2D eigenvalue weighted by Gasteiger charge is -2.07. The van der Waals surface area contributed by atoms with Gasteiger partial charge in [0, 0.05) is 23.4 Å². The molecule has 7 heteroatoms. The molecule has 4 aromatic rings. The van der Waals surface area contributed by atoms with Crippen molar-refractivity contribution in [2.24, 2.45) is 0 Å². The second-order valence-corrected chi connectivity index (χ2v) is 6.24. The lowest BCUT2D eigenvalue weighted by Crippen LogP contribution is -2.17. The predicted molar refractivity (Wildman–Crippen MR) is 104 cm³/mol. The third-order valence-electron chi connectivity index (χ3n) is 4.25. The third kappa shape index (κ3) is 3.52. The molecule has 0 atom stereocenters. The van der Waals surface area contributed by atoms with Gasteiger partial charge in [-0.3, -0.25) is 9.89 Å². The highest BCUT2D eigenvalue weighted by Gasteiger charge is 2.09. The molecule has 136 valence electrons. The number of aromatic amines is 1. The zero-order chi connectivity index (χ0) is 18.8. The summed E-state index contributed by atoms with van der Waals surface area (Å²) in [5.41, 5.74) is 3.37. The second kappa shape index (κ2) is 6.95. The summed E-state index contributed by atoms with van der Waals surface area (Å²) in [6, 6.07) is 17.0. The molecule has 4 rings (SSSR count). The first-order valence-corrected chi connectivity index (χ1v) is 8.56. The van der Waals surface area contributed by atoms with Gasteiger partial charge in [-0.1, -0.05) is 35.9 Å². The molecule has 27 heavy (non-hydrogen) atoms. The molecule has 0 unspecified atom stereocenters. The van der Waals surface area contributed by atoms with Crippen LogP contribution >= 0.6 is 0 Å². The molecule has 0 aliphatic rings. The molecule has 2 N–H and O–H groups in total. The average molecular weight is 361 g/mol. The Morgan fingerprint density at radius 2 is 1.93 bits per heavy atom. The standard InChI is InChI=1S/C20H19N5O2/c1-13-6-8-14(9-7-13)19-23-20-22-16(11-18(26)25(20)24-19)12-21-15-4-3-5-17(10-15)27-2/h3-11,21H,12H2,1-2H3,(H,22,23,24). The number of methoxy groups -OCH3 is 1. The number of aryl methyl sites for hydroxylation is 1. The van der Waals surface area contributed by atoms with Crippen molar-refractivity contribution in [3.05, 3.63) is 76.2 Å². The molecule has 0 bridgehead atoms. The molecule has 7 nitrogen and oxygen atoms in total. The lowest BCUT2D eigenvalue weighted by atomic mass is 10.1. The molecular weight excluding hydrogens is 342 g/mol. The first kappa shape index (κ1) is 16.8. The van der Waals surface area contributed by atoms with Crippen LogP contribution in [0.3, 0.4) is 0 Å². The first-order valence-electron chi connectivity index (χ1n) is 8.56. The van der Waals surface area contributed by atoms with E-state index in [1.54, 1.807) is 7.11 Å². The SMILES string of the molecule is COc1cccc(NCc2cc(=O)n3[nH]c(-c4ccc(C)cc4)nc3n2)c1. The van der Waals surface area contributed by atoms with Crippen LogP contribution in [-0.4, -0.2) is 26.7 Å². The first-order chi connectivity index (χ1) is 13.1. The van der Waals surface area contributed by atoms with Crippen LogP contribution in [0.15, 0.2) is 59.4 Å². The Kier molecular flexibility index (Phi) is 4.33. The monoisotopic (exact) mass is 361 g/mol. The van der Waals surface area contributed by atoms with E-state index in [-0.39, 0.29) is 5.56 Å². The number of nitrogens with zero attached hydrogens (tertiary/aromatic N) is 3. The minimum atomic E-state index is -0.201. The minimum absolute atomic E-state index is 0.201. The number of hydrogen-bond donors (Lipinski definition) is 2. The van der Waals surface area contributed by atoms with Gasteiger partial charge in [-0.15, -0.1) is 0 Å². The number of H-pyrrole nitrogens is 1. The van der Waals surface area contributed by atoms with E-state index >= 15 is 0 Å². The van der Waals surface area contributed by atoms with Gasteiger partial charge < -0.3 is 10.1 Å². The van der Waals surface area contributed by atoms with Crippen LogP contribution in [0.25, 0.3) is 17.2 Å².